The number of pyridine rings is 1. The van der Waals surface area contributed by atoms with Crippen LogP contribution in [-0.2, 0) is 16.1 Å². The highest BCUT2D eigenvalue weighted by molar-refractivity contribution is 9.10. The van der Waals surface area contributed by atoms with Crippen molar-refractivity contribution in [2.75, 3.05) is 37.8 Å². The van der Waals surface area contributed by atoms with Gasteiger partial charge in [0.2, 0.25) is 0 Å². The van der Waals surface area contributed by atoms with Crippen LogP contribution in [0, 0.1) is 0 Å². The van der Waals surface area contributed by atoms with E-state index < -0.39 is 0 Å². The SMILES string of the molecule is O=C(COc1ccc2ccccc2c1Br)NCc1ccnc(N2CCOCC2)c1. The van der Waals surface area contributed by atoms with Gasteiger partial charge >= 0.3 is 0 Å². The first kappa shape index (κ1) is 19.7. The van der Waals surface area contributed by atoms with E-state index in [-0.39, 0.29) is 12.5 Å². The molecule has 0 aliphatic carbocycles. The molecule has 29 heavy (non-hydrogen) atoms. The van der Waals surface area contributed by atoms with E-state index >= 15 is 0 Å². The molecule has 1 aliphatic heterocycles. The molecule has 1 N–H and O–H groups in total. The number of rotatable bonds is 6. The van der Waals surface area contributed by atoms with Crippen LogP contribution in [0.3, 0.4) is 0 Å². The van der Waals surface area contributed by atoms with Crippen molar-refractivity contribution in [1.82, 2.24) is 10.3 Å². The minimum absolute atomic E-state index is 0.0433. The lowest BCUT2D eigenvalue weighted by molar-refractivity contribution is -0.123. The molecule has 4 rings (SSSR count). The second-order valence-electron chi connectivity index (χ2n) is 6.79. The van der Waals surface area contributed by atoms with E-state index in [1.807, 2.05) is 48.5 Å². The average molecular weight is 456 g/mol. The first-order valence-corrected chi connectivity index (χ1v) is 10.3. The van der Waals surface area contributed by atoms with Gasteiger partial charge in [-0.05, 0) is 50.5 Å². The molecule has 150 valence electrons. The number of morpholine rings is 1. The summed E-state index contributed by atoms with van der Waals surface area (Å²) in [7, 11) is 0. The van der Waals surface area contributed by atoms with Crippen LogP contribution in [0.4, 0.5) is 5.82 Å². The van der Waals surface area contributed by atoms with E-state index in [1.165, 1.54) is 0 Å². The molecule has 0 spiro atoms. The number of halogens is 1. The van der Waals surface area contributed by atoms with Crippen molar-refractivity contribution < 1.29 is 14.3 Å². The number of nitrogens with zero attached hydrogens (tertiary/aromatic N) is 2. The molecule has 0 saturated carbocycles. The molecule has 3 aromatic rings. The molecular weight excluding hydrogens is 434 g/mol. The van der Waals surface area contributed by atoms with Gasteiger partial charge < -0.3 is 19.7 Å². The van der Waals surface area contributed by atoms with Crippen molar-refractivity contribution in [3.05, 3.63) is 64.8 Å². The van der Waals surface area contributed by atoms with Crippen LogP contribution in [0.5, 0.6) is 5.75 Å². The number of carbonyl (C=O) groups excluding carboxylic acids is 1. The maximum Gasteiger partial charge on any atom is 0.258 e. The Morgan fingerprint density at radius 1 is 1.17 bits per heavy atom. The zero-order chi connectivity index (χ0) is 20.1. The number of ether oxygens (including phenoxy) is 2. The molecular formula is C22H22BrN3O3. The summed E-state index contributed by atoms with van der Waals surface area (Å²) in [5, 5.41) is 5.07. The monoisotopic (exact) mass is 455 g/mol. The van der Waals surface area contributed by atoms with Crippen LogP contribution in [-0.4, -0.2) is 43.8 Å². The van der Waals surface area contributed by atoms with Gasteiger partial charge in [0.1, 0.15) is 11.6 Å². The van der Waals surface area contributed by atoms with E-state index in [9.17, 15) is 4.79 Å². The molecule has 0 unspecified atom stereocenters. The number of amides is 1. The van der Waals surface area contributed by atoms with Gasteiger partial charge in [-0.25, -0.2) is 4.98 Å². The van der Waals surface area contributed by atoms with Crippen molar-refractivity contribution in [2.24, 2.45) is 0 Å². The molecule has 2 heterocycles. The van der Waals surface area contributed by atoms with Gasteiger partial charge in [-0.1, -0.05) is 30.3 Å². The first-order valence-electron chi connectivity index (χ1n) is 9.55. The van der Waals surface area contributed by atoms with Crippen LogP contribution < -0.4 is 15.0 Å². The van der Waals surface area contributed by atoms with E-state index in [0.717, 1.165) is 39.7 Å². The van der Waals surface area contributed by atoms with Crippen molar-refractivity contribution in [2.45, 2.75) is 6.54 Å². The van der Waals surface area contributed by atoms with Crippen LogP contribution in [0.2, 0.25) is 0 Å². The highest BCUT2D eigenvalue weighted by atomic mass is 79.9. The zero-order valence-corrected chi connectivity index (χ0v) is 17.5. The van der Waals surface area contributed by atoms with Crippen LogP contribution in [0.25, 0.3) is 10.8 Å². The Morgan fingerprint density at radius 2 is 2.00 bits per heavy atom. The van der Waals surface area contributed by atoms with Gasteiger partial charge in [-0.3, -0.25) is 4.79 Å². The highest BCUT2D eigenvalue weighted by Gasteiger charge is 2.13. The predicted molar refractivity (Wildman–Crippen MR) is 116 cm³/mol. The van der Waals surface area contributed by atoms with Crippen LogP contribution in [0.15, 0.2) is 59.2 Å². The smallest absolute Gasteiger partial charge is 0.258 e. The van der Waals surface area contributed by atoms with Crippen molar-refractivity contribution >= 4 is 38.4 Å². The van der Waals surface area contributed by atoms with Crippen LogP contribution in [0.1, 0.15) is 5.56 Å². The molecule has 1 amide bonds. The summed E-state index contributed by atoms with van der Waals surface area (Å²) in [5.41, 5.74) is 1.00. The minimum Gasteiger partial charge on any atom is -0.483 e. The van der Waals surface area contributed by atoms with E-state index in [2.05, 4.69) is 31.1 Å². The third kappa shape index (κ3) is 4.86. The average Bonchev–Trinajstić information content (AvgIpc) is 2.78. The number of benzene rings is 2. The van der Waals surface area contributed by atoms with Gasteiger partial charge in [-0.15, -0.1) is 0 Å². The molecule has 1 saturated heterocycles. The molecule has 6 nitrogen and oxygen atoms in total. The molecule has 0 atom stereocenters. The third-order valence-corrected chi connectivity index (χ3v) is 5.64. The van der Waals surface area contributed by atoms with Crippen molar-refractivity contribution in [3.8, 4) is 5.75 Å². The lowest BCUT2D eigenvalue weighted by Crippen LogP contribution is -2.36. The van der Waals surface area contributed by atoms with E-state index in [4.69, 9.17) is 9.47 Å². The van der Waals surface area contributed by atoms with Gasteiger partial charge in [0, 0.05) is 25.8 Å². The van der Waals surface area contributed by atoms with E-state index in [1.54, 1.807) is 6.20 Å². The summed E-state index contributed by atoms with van der Waals surface area (Å²) in [4.78, 5) is 18.9. The summed E-state index contributed by atoms with van der Waals surface area (Å²) < 4.78 is 12.0. The summed E-state index contributed by atoms with van der Waals surface area (Å²) in [6.45, 7) is 3.47. The molecule has 1 aromatic heterocycles. The maximum absolute atomic E-state index is 12.3. The fraction of sp³-hybridized carbons (Fsp3) is 0.273. The summed E-state index contributed by atoms with van der Waals surface area (Å²) in [6.07, 6.45) is 1.77. The third-order valence-electron chi connectivity index (χ3n) is 4.82. The van der Waals surface area contributed by atoms with Crippen molar-refractivity contribution in [1.29, 1.82) is 0 Å². The minimum atomic E-state index is -0.171. The Balaban J connectivity index is 1.32. The standard InChI is InChI=1S/C22H22BrN3O3/c23-22-18-4-2-1-3-17(18)5-6-19(22)29-15-21(27)25-14-16-7-8-24-20(13-16)26-9-11-28-12-10-26/h1-8,13H,9-12,14-15H2,(H,25,27). The number of hydrogen-bond acceptors (Lipinski definition) is 5. The Hall–Kier alpha value is -2.64. The van der Waals surface area contributed by atoms with Gasteiger partial charge in [0.25, 0.3) is 5.91 Å². The number of anilines is 1. The number of aromatic nitrogens is 1. The normalized spacial score (nSPS) is 14.0. The molecule has 1 aliphatic rings. The lowest BCUT2D eigenvalue weighted by atomic mass is 10.1. The van der Waals surface area contributed by atoms with Gasteiger partial charge in [0.05, 0.1) is 17.7 Å². The number of nitrogens with one attached hydrogen (secondary N) is 1. The summed E-state index contributed by atoms with van der Waals surface area (Å²) >= 11 is 3.58. The quantitative estimate of drug-likeness (QED) is 0.615. The number of fused-ring (bicyclic) bond motifs is 1. The number of carbonyl (C=O) groups is 1. The number of hydrogen-bond donors (Lipinski definition) is 1. The summed E-state index contributed by atoms with van der Waals surface area (Å²) in [5.74, 6) is 1.39. The molecule has 2 aromatic carbocycles. The Morgan fingerprint density at radius 3 is 2.86 bits per heavy atom. The Kier molecular flexibility index (Phi) is 6.27. The van der Waals surface area contributed by atoms with Crippen LogP contribution >= 0.6 is 15.9 Å². The predicted octanol–water partition coefficient (Wildman–Crippen LogP) is 3.53. The first-order chi connectivity index (χ1) is 14.2. The maximum atomic E-state index is 12.3. The fourth-order valence-electron chi connectivity index (χ4n) is 3.26. The molecule has 1 fully saturated rings. The molecule has 7 heteroatoms. The topological polar surface area (TPSA) is 63.7 Å². The lowest BCUT2D eigenvalue weighted by Gasteiger charge is -2.28. The molecule has 0 bridgehead atoms. The zero-order valence-electron chi connectivity index (χ0n) is 15.9. The largest absolute Gasteiger partial charge is 0.483 e. The molecule has 0 radical (unpaired) electrons. The Labute approximate surface area is 178 Å². The van der Waals surface area contributed by atoms with Gasteiger partial charge in [-0.2, -0.15) is 0 Å². The van der Waals surface area contributed by atoms with Gasteiger partial charge in [0.15, 0.2) is 6.61 Å². The summed E-state index contributed by atoms with van der Waals surface area (Å²) in [6, 6.07) is 15.8. The Bertz CT molecular complexity index is 1010. The second kappa shape index (κ2) is 9.24. The van der Waals surface area contributed by atoms with Crippen molar-refractivity contribution in [3.63, 3.8) is 0 Å². The van der Waals surface area contributed by atoms with E-state index in [0.29, 0.717) is 25.5 Å². The second-order valence-corrected chi connectivity index (χ2v) is 7.58. The highest BCUT2D eigenvalue weighted by Crippen LogP contribution is 2.32. The fourth-order valence-corrected chi connectivity index (χ4v) is 3.86.